The van der Waals surface area contributed by atoms with Crippen LogP contribution in [0.5, 0.6) is 11.5 Å². The summed E-state index contributed by atoms with van der Waals surface area (Å²) in [5, 5.41) is 3.54. The van der Waals surface area contributed by atoms with Crippen LogP contribution in [0, 0.1) is 0 Å². The van der Waals surface area contributed by atoms with Crippen molar-refractivity contribution in [2.75, 3.05) is 30.0 Å². The molecule has 0 bridgehead atoms. The molecule has 2 amide bonds. The molecule has 0 radical (unpaired) electrons. The molecule has 0 fully saturated rings. The Kier molecular flexibility index (Phi) is 6.92. The van der Waals surface area contributed by atoms with E-state index in [1.165, 1.54) is 0 Å². The number of hydrogen-bond donors (Lipinski definition) is 1. The highest BCUT2D eigenvalue weighted by molar-refractivity contribution is 6.30. The zero-order chi connectivity index (χ0) is 22.3. The summed E-state index contributed by atoms with van der Waals surface area (Å²) in [6, 6.07) is 22.2. The predicted octanol–water partition coefficient (Wildman–Crippen LogP) is 4.72. The van der Waals surface area contributed by atoms with E-state index >= 15 is 0 Å². The lowest BCUT2D eigenvalue weighted by atomic mass is 10.1. The molecule has 3 aromatic rings. The molecule has 32 heavy (non-hydrogen) atoms. The van der Waals surface area contributed by atoms with E-state index in [9.17, 15) is 9.59 Å². The van der Waals surface area contributed by atoms with Gasteiger partial charge in [-0.15, -0.1) is 0 Å². The molecule has 0 saturated heterocycles. The van der Waals surface area contributed by atoms with Crippen molar-refractivity contribution in [3.05, 3.63) is 83.4 Å². The third-order valence-corrected chi connectivity index (χ3v) is 5.32. The maximum Gasteiger partial charge on any atom is 0.265 e. The smallest absolute Gasteiger partial charge is 0.265 e. The first kappa shape index (κ1) is 21.7. The molecular formula is C25H23ClN2O4. The summed E-state index contributed by atoms with van der Waals surface area (Å²) in [6.07, 6.45) is 1.03. The molecule has 1 heterocycles. The number of hydrogen-bond acceptors (Lipinski definition) is 4. The van der Waals surface area contributed by atoms with Gasteiger partial charge in [-0.3, -0.25) is 9.59 Å². The Balaban J connectivity index is 1.38. The minimum absolute atomic E-state index is 0.0310. The van der Waals surface area contributed by atoms with Gasteiger partial charge in [-0.25, -0.2) is 0 Å². The molecule has 0 aliphatic carbocycles. The number of ether oxygens (including phenoxy) is 2. The number of amides is 2. The predicted molar refractivity (Wildman–Crippen MR) is 125 cm³/mol. The van der Waals surface area contributed by atoms with E-state index in [0.717, 1.165) is 5.56 Å². The molecule has 0 atom stereocenters. The minimum Gasteiger partial charge on any atom is -0.492 e. The number of anilines is 2. The fourth-order valence-electron chi connectivity index (χ4n) is 3.44. The third kappa shape index (κ3) is 5.59. The second kappa shape index (κ2) is 10.2. The quantitative estimate of drug-likeness (QED) is 0.539. The monoisotopic (exact) mass is 450 g/mol. The highest BCUT2D eigenvalue weighted by Crippen LogP contribution is 2.34. The topological polar surface area (TPSA) is 67.9 Å². The van der Waals surface area contributed by atoms with Crippen LogP contribution in [-0.2, 0) is 16.0 Å². The van der Waals surface area contributed by atoms with Crippen LogP contribution < -0.4 is 19.7 Å². The van der Waals surface area contributed by atoms with E-state index in [2.05, 4.69) is 5.32 Å². The fraction of sp³-hybridized carbons (Fsp3) is 0.200. The highest BCUT2D eigenvalue weighted by atomic mass is 35.5. The van der Waals surface area contributed by atoms with Crippen LogP contribution in [0.1, 0.15) is 12.0 Å². The number of carbonyl (C=O) groups excluding carboxylic acids is 2. The highest BCUT2D eigenvalue weighted by Gasteiger charge is 2.26. The number of halogens is 1. The average molecular weight is 451 g/mol. The maximum atomic E-state index is 12.5. The molecule has 7 heteroatoms. The number of fused-ring (bicyclic) bond motifs is 1. The Bertz CT molecular complexity index is 1090. The molecule has 1 aliphatic rings. The van der Waals surface area contributed by atoms with Crippen LogP contribution in [0.3, 0.4) is 0 Å². The molecule has 4 rings (SSSR count). The molecule has 6 nitrogen and oxygen atoms in total. The summed E-state index contributed by atoms with van der Waals surface area (Å²) in [5.41, 5.74) is 2.34. The third-order valence-electron chi connectivity index (χ3n) is 5.07. The first-order chi connectivity index (χ1) is 15.6. The van der Waals surface area contributed by atoms with Gasteiger partial charge >= 0.3 is 0 Å². The van der Waals surface area contributed by atoms with E-state index < -0.39 is 0 Å². The Morgan fingerprint density at radius 1 is 1.06 bits per heavy atom. The van der Waals surface area contributed by atoms with Crippen molar-refractivity contribution in [1.82, 2.24) is 0 Å². The zero-order valence-electron chi connectivity index (χ0n) is 17.4. The molecule has 0 spiro atoms. The number of nitrogens with zero attached hydrogens (tertiary/aromatic N) is 1. The molecule has 164 valence electrons. The van der Waals surface area contributed by atoms with Crippen molar-refractivity contribution in [2.24, 2.45) is 0 Å². The zero-order valence-corrected chi connectivity index (χ0v) is 18.2. The van der Waals surface area contributed by atoms with E-state index in [0.29, 0.717) is 53.9 Å². The molecule has 3 aromatic carbocycles. The van der Waals surface area contributed by atoms with E-state index in [1.807, 2.05) is 30.3 Å². The van der Waals surface area contributed by atoms with E-state index in [1.54, 1.807) is 47.4 Å². The summed E-state index contributed by atoms with van der Waals surface area (Å²) in [6.45, 7) is 0.625. The van der Waals surface area contributed by atoms with Crippen molar-refractivity contribution in [3.63, 3.8) is 0 Å². The number of rotatable bonds is 8. The van der Waals surface area contributed by atoms with Crippen molar-refractivity contribution in [2.45, 2.75) is 12.8 Å². The van der Waals surface area contributed by atoms with Crippen molar-refractivity contribution >= 4 is 34.8 Å². The summed E-state index contributed by atoms with van der Waals surface area (Å²) >= 11 is 5.89. The molecule has 1 N–H and O–H groups in total. The van der Waals surface area contributed by atoms with Crippen LogP contribution in [0.15, 0.2) is 72.8 Å². The number of benzene rings is 3. The van der Waals surface area contributed by atoms with Gasteiger partial charge in [0, 0.05) is 17.1 Å². The number of nitrogens with one attached hydrogen (secondary N) is 1. The molecular weight excluding hydrogens is 428 g/mol. The lowest BCUT2D eigenvalue weighted by Gasteiger charge is -2.29. The molecule has 1 aliphatic heterocycles. The van der Waals surface area contributed by atoms with Gasteiger partial charge in [0.25, 0.3) is 5.91 Å². The van der Waals surface area contributed by atoms with E-state index in [-0.39, 0.29) is 18.4 Å². The second-order valence-electron chi connectivity index (χ2n) is 7.35. The Labute approximate surface area is 191 Å². The summed E-state index contributed by atoms with van der Waals surface area (Å²) in [7, 11) is 0. The van der Waals surface area contributed by atoms with Gasteiger partial charge in [0.1, 0.15) is 18.1 Å². The van der Waals surface area contributed by atoms with Crippen LogP contribution in [-0.4, -0.2) is 31.6 Å². The number of carbonyl (C=O) groups is 2. The summed E-state index contributed by atoms with van der Waals surface area (Å²) < 4.78 is 11.3. The second-order valence-corrected chi connectivity index (χ2v) is 7.79. The Hall–Kier alpha value is -3.51. The lowest BCUT2D eigenvalue weighted by Crippen LogP contribution is -2.41. The first-order valence-electron chi connectivity index (χ1n) is 10.4. The molecule has 0 saturated carbocycles. The first-order valence-corrected chi connectivity index (χ1v) is 10.8. The van der Waals surface area contributed by atoms with Gasteiger partial charge in [0.2, 0.25) is 5.91 Å². The normalized spacial score (nSPS) is 12.7. The van der Waals surface area contributed by atoms with Crippen LogP contribution in [0.25, 0.3) is 0 Å². The lowest BCUT2D eigenvalue weighted by molar-refractivity contribution is -0.121. The maximum absolute atomic E-state index is 12.5. The van der Waals surface area contributed by atoms with Gasteiger partial charge in [-0.2, -0.15) is 0 Å². The van der Waals surface area contributed by atoms with Crippen molar-refractivity contribution in [1.29, 1.82) is 0 Å². The SMILES string of the molecule is O=C(CCc1ccccc1)Nc1ccc2c(c1)N(CCOc1ccc(Cl)cc1)C(=O)CO2. The van der Waals surface area contributed by atoms with E-state index in [4.69, 9.17) is 21.1 Å². The van der Waals surface area contributed by atoms with Gasteiger partial charge < -0.3 is 19.7 Å². The average Bonchev–Trinajstić information content (AvgIpc) is 2.81. The minimum atomic E-state index is -0.162. The Morgan fingerprint density at radius 3 is 2.62 bits per heavy atom. The van der Waals surface area contributed by atoms with Gasteiger partial charge in [-0.05, 0) is 54.4 Å². The van der Waals surface area contributed by atoms with Gasteiger partial charge in [0.15, 0.2) is 6.61 Å². The number of aryl methyl sites for hydroxylation is 1. The molecule has 0 unspecified atom stereocenters. The van der Waals surface area contributed by atoms with Crippen molar-refractivity contribution in [3.8, 4) is 11.5 Å². The van der Waals surface area contributed by atoms with Gasteiger partial charge in [-0.1, -0.05) is 41.9 Å². The van der Waals surface area contributed by atoms with Crippen LogP contribution >= 0.6 is 11.6 Å². The van der Waals surface area contributed by atoms with Gasteiger partial charge in [0.05, 0.1) is 12.2 Å². The summed E-state index contributed by atoms with van der Waals surface area (Å²) in [5.74, 6) is 1.02. The van der Waals surface area contributed by atoms with Crippen molar-refractivity contribution < 1.29 is 19.1 Å². The molecule has 0 aromatic heterocycles. The van der Waals surface area contributed by atoms with Crippen LogP contribution in [0.2, 0.25) is 5.02 Å². The standard InChI is InChI=1S/C25H23ClN2O4/c26-19-7-10-21(11-8-19)31-15-14-28-22-16-20(9-12-23(22)32-17-25(28)30)27-24(29)13-6-18-4-2-1-3-5-18/h1-5,7-12,16H,6,13-15,17H2,(H,27,29). The summed E-state index contributed by atoms with van der Waals surface area (Å²) in [4.78, 5) is 26.5. The Morgan fingerprint density at radius 2 is 1.84 bits per heavy atom. The van der Waals surface area contributed by atoms with Crippen LogP contribution in [0.4, 0.5) is 11.4 Å². The fourth-order valence-corrected chi connectivity index (χ4v) is 3.56. The largest absolute Gasteiger partial charge is 0.492 e.